The van der Waals surface area contributed by atoms with Gasteiger partial charge in [-0.2, -0.15) is 0 Å². The van der Waals surface area contributed by atoms with Crippen molar-refractivity contribution in [2.75, 3.05) is 38.7 Å². The summed E-state index contributed by atoms with van der Waals surface area (Å²) in [6.07, 6.45) is 3.20. The molecule has 184 valence electrons. The molecule has 2 atom stereocenters. The normalized spacial score (nSPS) is 16.1. The van der Waals surface area contributed by atoms with Gasteiger partial charge >= 0.3 is 0 Å². The van der Waals surface area contributed by atoms with E-state index >= 15 is 0 Å². The molecule has 1 saturated heterocycles. The fraction of sp³-hybridized carbons (Fsp3) is 0.478. The lowest BCUT2D eigenvalue weighted by Gasteiger charge is -2.31. The van der Waals surface area contributed by atoms with Gasteiger partial charge in [0.15, 0.2) is 5.13 Å². The Morgan fingerprint density at radius 3 is 2.74 bits per heavy atom. The number of methoxy groups -OCH3 is 1. The smallest absolute Gasteiger partial charge is 0.247 e. The second-order valence-corrected chi connectivity index (χ2v) is 8.73. The third-order valence-corrected chi connectivity index (χ3v) is 6.09. The van der Waals surface area contributed by atoms with Crippen LogP contribution >= 0.6 is 11.3 Å². The lowest BCUT2D eigenvalue weighted by molar-refractivity contribution is -0.142. The predicted octanol–water partition coefficient (Wildman–Crippen LogP) is 2.08. The molecular weight excluding hydrogens is 460 g/mol. The van der Waals surface area contributed by atoms with Gasteiger partial charge in [-0.1, -0.05) is 12.1 Å². The summed E-state index contributed by atoms with van der Waals surface area (Å²) in [6.45, 7) is 1.38. The number of aromatic hydroxyl groups is 1. The monoisotopic (exact) mass is 490 g/mol. The molecule has 2 heterocycles. The number of amides is 3. The summed E-state index contributed by atoms with van der Waals surface area (Å²) in [7, 11) is 1.51. The minimum absolute atomic E-state index is 0.0517. The second-order valence-electron chi connectivity index (χ2n) is 7.84. The number of nitrogens with one attached hydrogen (secondary N) is 2. The van der Waals surface area contributed by atoms with Gasteiger partial charge in [0.25, 0.3) is 0 Å². The van der Waals surface area contributed by atoms with E-state index in [0.29, 0.717) is 23.8 Å². The number of nitrogens with zero attached hydrogens (tertiary/aromatic N) is 2. The first-order valence-electron chi connectivity index (χ1n) is 11.1. The van der Waals surface area contributed by atoms with Gasteiger partial charge < -0.3 is 30.1 Å². The van der Waals surface area contributed by atoms with E-state index in [1.54, 1.807) is 23.7 Å². The van der Waals surface area contributed by atoms with Crippen LogP contribution in [0, 0.1) is 0 Å². The summed E-state index contributed by atoms with van der Waals surface area (Å²) in [5.74, 6) is -1.01. The van der Waals surface area contributed by atoms with E-state index in [1.807, 2.05) is 0 Å². The number of hydrogen-bond donors (Lipinski definition) is 3. The summed E-state index contributed by atoms with van der Waals surface area (Å²) >= 11 is 1.29. The third kappa shape index (κ3) is 7.51. The van der Waals surface area contributed by atoms with Crippen molar-refractivity contribution in [1.82, 2.24) is 15.2 Å². The summed E-state index contributed by atoms with van der Waals surface area (Å²) in [4.78, 5) is 44.2. The summed E-state index contributed by atoms with van der Waals surface area (Å²) in [5, 5.41) is 17.5. The third-order valence-electron chi connectivity index (χ3n) is 5.40. The average Bonchev–Trinajstić information content (AvgIpc) is 3.54. The Morgan fingerprint density at radius 1 is 1.29 bits per heavy atom. The van der Waals surface area contributed by atoms with Crippen molar-refractivity contribution in [2.24, 2.45) is 0 Å². The Bertz CT molecular complexity index is 931. The van der Waals surface area contributed by atoms with Crippen molar-refractivity contribution in [2.45, 2.75) is 37.8 Å². The van der Waals surface area contributed by atoms with E-state index in [0.717, 1.165) is 12.8 Å². The van der Waals surface area contributed by atoms with Gasteiger partial charge in [-0.05, 0) is 30.5 Å². The largest absolute Gasteiger partial charge is 0.508 e. The molecule has 3 amide bonds. The molecule has 0 saturated carbocycles. The zero-order valence-corrected chi connectivity index (χ0v) is 19.9. The number of thiazole rings is 1. The highest BCUT2D eigenvalue weighted by Gasteiger charge is 2.32. The van der Waals surface area contributed by atoms with Crippen molar-refractivity contribution in [1.29, 1.82) is 0 Å². The minimum atomic E-state index is -0.952. The summed E-state index contributed by atoms with van der Waals surface area (Å²) < 4.78 is 10.8. The Balaban J connectivity index is 1.73. The summed E-state index contributed by atoms with van der Waals surface area (Å²) in [5.41, 5.74) is 0.541. The van der Waals surface area contributed by atoms with Gasteiger partial charge in [0.05, 0.1) is 12.7 Å². The number of aromatic nitrogens is 1. The van der Waals surface area contributed by atoms with Crippen LogP contribution in [-0.2, 0) is 23.9 Å². The molecule has 11 heteroatoms. The van der Waals surface area contributed by atoms with Crippen molar-refractivity contribution >= 4 is 34.2 Å². The van der Waals surface area contributed by atoms with Crippen molar-refractivity contribution in [3.63, 3.8) is 0 Å². The number of anilines is 1. The Morgan fingerprint density at radius 2 is 2.09 bits per heavy atom. The van der Waals surface area contributed by atoms with Crippen LogP contribution in [0.1, 0.15) is 37.3 Å². The Labute approximate surface area is 202 Å². The maximum atomic E-state index is 13.3. The van der Waals surface area contributed by atoms with Crippen LogP contribution in [-0.4, -0.2) is 72.2 Å². The molecule has 1 aliphatic rings. The molecule has 0 bridgehead atoms. The molecule has 34 heavy (non-hydrogen) atoms. The van der Waals surface area contributed by atoms with Crippen LogP contribution in [0.3, 0.4) is 0 Å². The second kappa shape index (κ2) is 13.0. The SMILES string of the molecule is COCCN(C(=O)CCC(=O)Nc1nccs1)[C@H](C(=O)NC[C@H]1CCCO1)c1ccc(O)cc1. The van der Waals surface area contributed by atoms with E-state index in [9.17, 15) is 19.5 Å². The van der Waals surface area contributed by atoms with Crippen LogP contribution in [0.4, 0.5) is 5.13 Å². The van der Waals surface area contributed by atoms with E-state index in [2.05, 4.69) is 15.6 Å². The van der Waals surface area contributed by atoms with E-state index < -0.39 is 6.04 Å². The number of ether oxygens (including phenoxy) is 2. The molecule has 0 unspecified atom stereocenters. The van der Waals surface area contributed by atoms with Gasteiger partial charge in [-0.25, -0.2) is 4.98 Å². The predicted molar refractivity (Wildman–Crippen MR) is 126 cm³/mol. The molecule has 3 rings (SSSR count). The highest BCUT2D eigenvalue weighted by molar-refractivity contribution is 7.13. The number of benzene rings is 1. The number of carbonyl (C=O) groups excluding carboxylic acids is 3. The fourth-order valence-electron chi connectivity index (χ4n) is 3.66. The number of hydrogen-bond acceptors (Lipinski definition) is 8. The summed E-state index contributed by atoms with van der Waals surface area (Å²) in [6, 6.07) is 5.19. The molecule has 0 radical (unpaired) electrons. The maximum Gasteiger partial charge on any atom is 0.247 e. The van der Waals surface area contributed by atoms with Crippen LogP contribution in [0.25, 0.3) is 0 Å². The lowest BCUT2D eigenvalue weighted by atomic mass is 10.0. The van der Waals surface area contributed by atoms with E-state index in [1.165, 1.54) is 35.5 Å². The molecule has 3 N–H and O–H groups in total. The molecule has 1 aromatic carbocycles. The van der Waals surface area contributed by atoms with Gasteiger partial charge in [0.2, 0.25) is 17.7 Å². The standard InChI is InChI=1S/C23H30N4O6S/c1-32-13-11-27(20(30)9-8-19(29)26-23-24-10-14-34-23)21(16-4-6-17(28)7-5-16)22(31)25-15-18-3-2-12-33-18/h4-7,10,14,18,21,28H,2-3,8-9,11-13,15H2,1H3,(H,25,31)(H,24,26,29)/t18-,21+/m1/s1. The topological polar surface area (TPSA) is 130 Å². The van der Waals surface area contributed by atoms with Crippen LogP contribution in [0.15, 0.2) is 35.8 Å². The highest BCUT2D eigenvalue weighted by atomic mass is 32.1. The average molecular weight is 491 g/mol. The van der Waals surface area contributed by atoms with Crippen LogP contribution in [0.5, 0.6) is 5.75 Å². The zero-order chi connectivity index (χ0) is 24.3. The van der Waals surface area contributed by atoms with Crippen LogP contribution in [0.2, 0.25) is 0 Å². The van der Waals surface area contributed by atoms with Crippen LogP contribution < -0.4 is 10.6 Å². The first-order valence-corrected chi connectivity index (χ1v) is 12.0. The zero-order valence-electron chi connectivity index (χ0n) is 19.1. The molecule has 2 aromatic rings. The fourth-order valence-corrected chi connectivity index (χ4v) is 4.21. The maximum absolute atomic E-state index is 13.3. The molecule has 1 aromatic heterocycles. The van der Waals surface area contributed by atoms with Crippen molar-refractivity contribution < 1.29 is 29.0 Å². The lowest BCUT2D eigenvalue weighted by Crippen LogP contribution is -2.46. The van der Waals surface area contributed by atoms with Crippen molar-refractivity contribution in [3.05, 3.63) is 41.4 Å². The first kappa shape index (κ1) is 25.6. The highest BCUT2D eigenvalue weighted by Crippen LogP contribution is 2.25. The number of rotatable bonds is 12. The van der Waals surface area contributed by atoms with Gasteiger partial charge in [-0.15, -0.1) is 11.3 Å². The van der Waals surface area contributed by atoms with Crippen molar-refractivity contribution in [3.8, 4) is 5.75 Å². The molecular formula is C23H30N4O6S. The first-order chi connectivity index (χ1) is 16.5. The number of phenols is 1. The molecule has 1 aliphatic heterocycles. The number of phenolic OH excluding ortho intramolecular Hbond substituents is 1. The minimum Gasteiger partial charge on any atom is -0.508 e. The molecule has 10 nitrogen and oxygen atoms in total. The number of carbonyl (C=O) groups is 3. The van der Waals surface area contributed by atoms with Gasteiger partial charge in [0, 0.05) is 51.2 Å². The quantitative estimate of drug-likeness (QED) is 0.415. The van der Waals surface area contributed by atoms with Gasteiger partial charge in [-0.3, -0.25) is 14.4 Å². The van der Waals surface area contributed by atoms with E-state index in [4.69, 9.17) is 9.47 Å². The van der Waals surface area contributed by atoms with E-state index in [-0.39, 0.29) is 55.6 Å². The molecule has 1 fully saturated rings. The Kier molecular flexibility index (Phi) is 9.80. The Hall–Kier alpha value is -3.02. The molecule has 0 spiro atoms. The van der Waals surface area contributed by atoms with Gasteiger partial charge in [0.1, 0.15) is 11.8 Å². The molecule has 0 aliphatic carbocycles.